The normalized spacial score (nSPS) is 10.7. The molecule has 2 heterocycles. The highest BCUT2D eigenvalue weighted by Gasteiger charge is 2.12. The third-order valence-corrected chi connectivity index (χ3v) is 3.52. The topological polar surface area (TPSA) is 38.7 Å². The van der Waals surface area contributed by atoms with Crippen LogP contribution in [0, 0.1) is 6.07 Å². The summed E-state index contributed by atoms with van der Waals surface area (Å²) in [7, 11) is 0. The molecular formula is C19H12N3. The highest BCUT2D eigenvalue weighted by Crippen LogP contribution is 2.32. The molecule has 1 radical (unpaired) electrons. The number of pyridine rings is 1. The molecule has 4 aromatic rings. The number of rotatable bonds is 2. The second-order valence-electron chi connectivity index (χ2n) is 4.93. The molecule has 3 nitrogen and oxygen atoms in total. The van der Waals surface area contributed by atoms with Gasteiger partial charge in [0, 0.05) is 35.8 Å². The number of hydrogen-bond donors (Lipinski definition) is 0. The zero-order chi connectivity index (χ0) is 14.8. The second-order valence-corrected chi connectivity index (χ2v) is 4.93. The maximum absolute atomic E-state index is 4.47. The maximum Gasteiger partial charge on any atom is 0.160 e. The Morgan fingerprint density at radius 1 is 0.727 bits per heavy atom. The quantitative estimate of drug-likeness (QED) is 0.554. The van der Waals surface area contributed by atoms with E-state index in [1.54, 1.807) is 18.6 Å². The van der Waals surface area contributed by atoms with E-state index in [9.17, 15) is 0 Å². The van der Waals surface area contributed by atoms with Crippen molar-refractivity contribution < 1.29 is 0 Å². The summed E-state index contributed by atoms with van der Waals surface area (Å²) in [6.45, 7) is 0. The van der Waals surface area contributed by atoms with Crippen molar-refractivity contribution in [3.05, 3.63) is 79.3 Å². The van der Waals surface area contributed by atoms with Crippen LogP contribution in [0.25, 0.3) is 33.4 Å². The summed E-state index contributed by atoms with van der Waals surface area (Å²) < 4.78 is 0. The lowest BCUT2D eigenvalue weighted by atomic mass is 9.98. The zero-order valence-corrected chi connectivity index (χ0v) is 11.8. The predicted molar refractivity (Wildman–Crippen MR) is 87.0 cm³/mol. The van der Waals surface area contributed by atoms with Gasteiger partial charge in [-0.25, -0.2) is 9.97 Å². The minimum absolute atomic E-state index is 0.661. The van der Waals surface area contributed by atoms with Gasteiger partial charge in [0.05, 0.1) is 5.69 Å². The van der Waals surface area contributed by atoms with E-state index < -0.39 is 0 Å². The first kappa shape index (κ1) is 12.7. The van der Waals surface area contributed by atoms with E-state index in [-0.39, 0.29) is 0 Å². The molecule has 0 amide bonds. The molecule has 0 spiro atoms. The molecule has 103 valence electrons. The van der Waals surface area contributed by atoms with Crippen LogP contribution >= 0.6 is 0 Å². The number of hydrogen-bond acceptors (Lipinski definition) is 3. The molecule has 0 unspecified atom stereocenters. The van der Waals surface area contributed by atoms with Crippen LogP contribution in [0.3, 0.4) is 0 Å². The lowest BCUT2D eigenvalue weighted by Gasteiger charge is -2.10. The van der Waals surface area contributed by atoms with Gasteiger partial charge in [-0.05, 0) is 35.0 Å². The van der Waals surface area contributed by atoms with E-state index >= 15 is 0 Å². The average Bonchev–Trinajstić information content (AvgIpc) is 2.62. The van der Waals surface area contributed by atoms with E-state index in [0.29, 0.717) is 5.82 Å². The van der Waals surface area contributed by atoms with Gasteiger partial charge >= 0.3 is 0 Å². The van der Waals surface area contributed by atoms with Crippen molar-refractivity contribution in [2.75, 3.05) is 0 Å². The van der Waals surface area contributed by atoms with Crippen LogP contribution in [0.1, 0.15) is 0 Å². The van der Waals surface area contributed by atoms with Crippen molar-refractivity contribution in [2.24, 2.45) is 0 Å². The molecule has 0 aliphatic rings. The van der Waals surface area contributed by atoms with Crippen molar-refractivity contribution in [2.45, 2.75) is 0 Å². The van der Waals surface area contributed by atoms with Gasteiger partial charge in [0.15, 0.2) is 5.82 Å². The standard InChI is InChI=1S/C19H12N3/c1-2-7-15-13-17(19-21-10-5-11-22-19)16(12-14(15)6-1)18-8-3-4-9-20-18/h1-12H. The van der Waals surface area contributed by atoms with Gasteiger partial charge in [-0.15, -0.1) is 0 Å². The first-order valence-electron chi connectivity index (χ1n) is 7.06. The maximum atomic E-state index is 4.47. The Bertz CT molecular complexity index is 841. The van der Waals surface area contributed by atoms with E-state index in [1.165, 1.54) is 0 Å². The minimum Gasteiger partial charge on any atom is -0.256 e. The predicted octanol–water partition coefficient (Wildman–Crippen LogP) is 4.16. The molecule has 4 rings (SSSR count). The van der Waals surface area contributed by atoms with Crippen molar-refractivity contribution in [3.63, 3.8) is 0 Å². The van der Waals surface area contributed by atoms with Gasteiger partial charge in [0.25, 0.3) is 0 Å². The summed E-state index contributed by atoms with van der Waals surface area (Å²) >= 11 is 0. The Morgan fingerprint density at radius 3 is 2.32 bits per heavy atom. The van der Waals surface area contributed by atoms with Gasteiger partial charge < -0.3 is 0 Å². The summed E-state index contributed by atoms with van der Waals surface area (Å²) in [5.74, 6) is 0.661. The fraction of sp³-hybridized carbons (Fsp3) is 0. The van der Waals surface area contributed by atoms with Gasteiger partial charge in [0.1, 0.15) is 0 Å². The number of benzene rings is 2. The second kappa shape index (κ2) is 5.37. The fourth-order valence-electron chi connectivity index (χ4n) is 2.50. The summed E-state index contributed by atoms with van der Waals surface area (Å²) in [6, 6.07) is 21.4. The SMILES string of the molecule is [c]1c(-c2ncccn2)c(-c2ccccn2)cc2ccccc12. The third-order valence-electron chi connectivity index (χ3n) is 3.52. The van der Waals surface area contributed by atoms with Crippen LogP contribution < -0.4 is 0 Å². The molecule has 0 fully saturated rings. The lowest BCUT2D eigenvalue weighted by Crippen LogP contribution is -1.93. The Labute approximate surface area is 128 Å². The molecule has 2 aromatic heterocycles. The van der Waals surface area contributed by atoms with E-state index in [4.69, 9.17) is 0 Å². The number of fused-ring (bicyclic) bond motifs is 1. The minimum atomic E-state index is 0.661. The molecule has 0 saturated heterocycles. The monoisotopic (exact) mass is 282 g/mol. The Balaban J connectivity index is 2.04. The first-order valence-corrected chi connectivity index (χ1v) is 7.06. The summed E-state index contributed by atoms with van der Waals surface area (Å²) in [4.78, 5) is 13.2. The Morgan fingerprint density at radius 2 is 1.50 bits per heavy atom. The smallest absolute Gasteiger partial charge is 0.160 e. The molecule has 3 heteroatoms. The molecule has 0 bridgehead atoms. The van der Waals surface area contributed by atoms with Crippen molar-refractivity contribution in [3.8, 4) is 22.6 Å². The molecule has 0 N–H and O–H groups in total. The van der Waals surface area contributed by atoms with Crippen LogP contribution in [0.15, 0.2) is 73.2 Å². The molecule has 0 aliphatic heterocycles. The summed E-state index contributed by atoms with van der Waals surface area (Å²) in [6.07, 6.45) is 5.28. The van der Waals surface area contributed by atoms with Gasteiger partial charge in [0.2, 0.25) is 0 Å². The molecule has 0 aliphatic carbocycles. The van der Waals surface area contributed by atoms with Gasteiger partial charge in [-0.1, -0.05) is 30.3 Å². The molecule has 2 aromatic carbocycles. The Kier molecular flexibility index (Phi) is 3.09. The lowest BCUT2D eigenvalue weighted by molar-refractivity contribution is 1.17. The van der Waals surface area contributed by atoms with E-state index in [0.717, 1.165) is 27.6 Å². The largest absolute Gasteiger partial charge is 0.256 e. The van der Waals surface area contributed by atoms with Crippen molar-refractivity contribution in [1.29, 1.82) is 0 Å². The Hall–Kier alpha value is -3.07. The van der Waals surface area contributed by atoms with E-state index in [2.05, 4.69) is 33.2 Å². The number of nitrogens with zero attached hydrogens (tertiary/aromatic N) is 3. The van der Waals surface area contributed by atoms with Gasteiger partial charge in [-0.3, -0.25) is 4.98 Å². The van der Waals surface area contributed by atoms with Crippen LogP contribution in [0.4, 0.5) is 0 Å². The van der Waals surface area contributed by atoms with Crippen LogP contribution in [-0.4, -0.2) is 15.0 Å². The van der Waals surface area contributed by atoms with E-state index in [1.807, 2.05) is 42.5 Å². The molecule has 22 heavy (non-hydrogen) atoms. The zero-order valence-electron chi connectivity index (χ0n) is 11.8. The number of aromatic nitrogens is 3. The average molecular weight is 282 g/mol. The third kappa shape index (κ3) is 2.23. The van der Waals surface area contributed by atoms with Crippen LogP contribution in [-0.2, 0) is 0 Å². The fourth-order valence-corrected chi connectivity index (χ4v) is 2.50. The molecule has 0 saturated carbocycles. The molecule has 0 atom stereocenters. The molecular weight excluding hydrogens is 270 g/mol. The highest BCUT2D eigenvalue weighted by molar-refractivity contribution is 5.93. The van der Waals surface area contributed by atoms with Crippen molar-refractivity contribution in [1.82, 2.24) is 15.0 Å². The van der Waals surface area contributed by atoms with Crippen LogP contribution in [0.2, 0.25) is 0 Å². The highest BCUT2D eigenvalue weighted by atomic mass is 14.9. The van der Waals surface area contributed by atoms with Crippen LogP contribution in [0.5, 0.6) is 0 Å². The van der Waals surface area contributed by atoms with Crippen molar-refractivity contribution >= 4 is 10.8 Å². The first-order chi connectivity index (χ1) is 10.9. The van der Waals surface area contributed by atoms with Gasteiger partial charge in [-0.2, -0.15) is 0 Å². The summed E-state index contributed by atoms with van der Waals surface area (Å²) in [5.41, 5.74) is 2.76. The summed E-state index contributed by atoms with van der Waals surface area (Å²) in [5, 5.41) is 2.17.